The predicted octanol–water partition coefficient (Wildman–Crippen LogP) is 3.85. The van der Waals surface area contributed by atoms with Gasteiger partial charge in [0.25, 0.3) is 0 Å². The smallest absolute Gasteiger partial charge is 0.127 e. The highest BCUT2D eigenvalue weighted by Gasteiger charge is 2.09. The fourth-order valence-electron chi connectivity index (χ4n) is 1.35. The van der Waals surface area contributed by atoms with Gasteiger partial charge in [-0.1, -0.05) is 11.6 Å². The Bertz CT molecular complexity index is 413. The molecular weight excluding hydrogens is 253 g/mol. The highest BCUT2D eigenvalue weighted by Crippen LogP contribution is 2.17. The summed E-state index contributed by atoms with van der Waals surface area (Å²) >= 11 is 5.39. The average Bonchev–Trinajstić information content (AvgIpc) is 2.25. The third-order valence-corrected chi connectivity index (χ3v) is 2.37. The van der Waals surface area contributed by atoms with Crippen LogP contribution in [0.1, 0.15) is 26.3 Å². The number of ether oxygens (including phenoxy) is 1. The molecule has 4 heteroatoms. The standard InChI is InChI=1S/C14H19ClFNO/c1-14(2,3)17-10-11-7-12(16)9-13(8-11)18-6-4-5-15/h4-5,7-9,17H,6,10H2,1-3H3/b5-4+. The second kappa shape index (κ2) is 6.76. The number of hydrogen-bond donors (Lipinski definition) is 1. The van der Waals surface area contributed by atoms with Crippen molar-refractivity contribution in [2.75, 3.05) is 6.61 Å². The molecule has 100 valence electrons. The van der Waals surface area contributed by atoms with Crippen molar-refractivity contribution in [2.45, 2.75) is 32.9 Å². The van der Waals surface area contributed by atoms with Crippen LogP contribution in [0.4, 0.5) is 4.39 Å². The van der Waals surface area contributed by atoms with Crippen molar-refractivity contribution in [3.63, 3.8) is 0 Å². The molecule has 18 heavy (non-hydrogen) atoms. The van der Waals surface area contributed by atoms with E-state index in [0.717, 1.165) is 5.56 Å². The topological polar surface area (TPSA) is 21.3 Å². The van der Waals surface area contributed by atoms with Gasteiger partial charge in [-0.25, -0.2) is 4.39 Å². The fraction of sp³-hybridized carbons (Fsp3) is 0.429. The normalized spacial score (nSPS) is 12.1. The molecule has 1 aromatic rings. The maximum Gasteiger partial charge on any atom is 0.127 e. The summed E-state index contributed by atoms with van der Waals surface area (Å²) < 4.78 is 18.8. The summed E-state index contributed by atoms with van der Waals surface area (Å²) in [4.78, 5) is 0. The van der Waals surface area contributed by atoms with Crippen molar-refractivity contribution in [3.05, 3.63) is 41.2 Å². The van der Waals surface area contributed by atoms with Gasteiger partial charge in [0.1, 0.15) is 18.2 Å². The van der Waals surface area contributed by atoms with Crippen LogP contribution in [0.3, 0.4) is 0 Å². The van der Waals surface area contributed by atoms with E-state index in [9.17, 15) is 4.39 Å². The van der Waals surface area contributed by atoms with Gasteiger partial charge in [0, 0.05) is 23.7 Å². The molecule has 0 spiro atoms. The van der Waals surface area contributed by atoms with Gasteiger partial charge in [0.2, 0.25) is 0 Å². The largest absolute Gasteiger partial charge is 0.489 e. The lowest BCUT2D eigenvalue weighted by Gasteiger charge is -2.20. The van der Waals surface area contributed by atoms with Crippen LogP contribution in [-0.4, -0.2) is 12.1 Å². The van der Waals surface area contributed by atoms with Crippen LogP contribution in [0, 0.1) is 5.82 Å². The molecule has 0 aliphatic heterocycles. The van der Waals surface area contributed by atoms with Crippen molar-refractivity contribution in [1.29, 1.82) is 0 Å². The van der Waals surface area contributed by atoms with Gasteiger partial charge in [-0.2, -0.15) is 0 Å². The first kappa shape index (κ1) is 15.0. The highest BCUT2D eigenvalue weighted by molar-refractivity contribution is 6.25. The Morgan fingerprint density at radius 2 is 2.06 bits per heavy atom. The zero-order valence-electron chi connectivity index (χ0n) is 11.0. The molecule has 0 aliphatic rings. The van der Waals surface area contributed by atoms with Crippen LogP contribution in [0.5, 0.6) is 5.75 Å². The summed E-state index contributed by atoms with van der Waals surface area (Å²) in [5, 5.41) is 3.30. The van der Waals surface area contributed by atoms with Crippen molar-refractivity contribution >= 4 is 11.6 Å². The molecule has 0 amide bonds. The number of hydrogen-bond acceptors (Lipinski definition) is 2. The minimum absolute atomic E-state index is 0.00526. The van der Waals surface area contributed by atoms with E-state index in [1.165, 1.54) is 17.7 Å². The van der Waals surface area contributed by atoms with E-state index in [0.29, 0.717) is 18.9 Å². The lowest BCUT2D eigenvalue weighted by Crippen LogP contribution is -2.35. The molecule has 1 N–H and O–H groups in total. The molecular formula is C14H19ClFNO. The van der Waals surface area contributed by atoms with Crippen LogP contribution in [0.2, 0.25) is 0 Å². The summed E-state index contributed by atoms with van der Waals surface area (Å²) in [5.74, 6) is 0.212. The van der Waals surface area contributed by atoms with Gasteiger partial charge in [0.05, 0.1) is 0 Å². The Morgan fingerprint density at radius 3 is 2.67 bits per heavy atom. The maximum absolute atomic E-state index is 13.4. The second-order valence-corrected chi connectivity index (χ2v) is 5.32. The first-order valence-corrected chi connectivity index (χ1v) is 6.27. The molecule has 1 rings (SSSR count). The quantitative estimate of drug-likeness (QED) is 0.878. The van der Waals surface area contributed by atoms with E-state index < -0.39 is 0 Å². The minimum atomic E-state index is -0.298. The lowest BCUT2D eigenvalue weighted by atomic mass is 10.1. The van der Waals surface area contributed by atoms with E-state index in [1.54, 1.807) is 6.08 Å². The molecule has 0 heterocycles. The summed E-state index contributed by atoms with van der Waals surface area (Å²) in [7, 11) is 0. The van der Waals surface area contributed by atoms with E-state index in [1.807, 2.05) is 6.07 Å². The van der Waals surface area contributed by atoms with Crippen LogP contribution < -0.4 is 10.1 Å². The zero-order chi connectivity index (χ0) is 13.6. The maximum atomic E-state index is 13.4. The molecule has 0 atom stereocenters. The Labute approximate surface area is 113 Å². The van der Waals surface area contributed by atoms with E-state index in [4.69, 9.17) is 16.3 Å². The molecule has 0 saturated carbocycles. The summed E-state index contributed by atoms with van der Waals surface area (Å²) in [5.41, 5.74) is 2.23. The summed E-state index contributed by atoms with van der Waals surface area (Å²) in [6.07, 6.45) is 1.65. The molecule has 0 aromatic heterocycles. The first-order valence-electron chi connectivity index (χ1n) is 5.83. The molecule has 0 unspecified atom stereocenters. The second-order valence-electron chi connectivity index (χ2n) is 5.07. The van der Waals surface area contributed by atoms with Crippen molar-refractivity contribution < 1.29 is 9.13 Å². The Balaban J connectivity index is 2.68. The molecule has 0 aliphatic carbocycles. The van der Waals surface area contributed by atoms with E-state index in [-0.39, 0.29) is 11.4 Å². The zero-order valence-corrected chi connectivity index (χ0v) is 11.7. The third kappa shape index (κ3) is 6.03. The first-order chi connectivity index (χ1) is 8.40. The van der Waals surface area contributed by atoms with E-state index in [2.05, 4.69) is 26.1 Å². The van der Waals surface area contributed by atoms with Crippen molar-refractivity contribution in [1.82, 2.24) is 5.32 Å². The van der Waals surface area contributed by atoms with Gasteiger partial charge < -0.3 is 10.1 Å². The van der Waals surface area contributed by atoms with Crippen LogP contribution in [0.15, 0.2) is 29.8 Å². The fourth-order valence-corrected chi connectivity index (χ4v) is 1.43. The molecule has 0 fully saturated rings. The van der Waals surface area contributed by atoms with Gasteiger partial charge in [0.15, 0.2) is 0 Å². The van der Waals surface area contributed by atoms with Crippen LogP contribution in [0.25, 0.3) is 0 Å². The molecule has 0 radical (unpaired) electrons. The van der Waals surface area contributed by atoms with Crippen LogP contribution >= 0.6 is 11.6 Å². The number of benzene rings is 1. The Hall–Kier alpha value is -1.06. The summed E-state index contributed by atoms with van der Waals surface area (Å²) in [6, 6.07) is 4.69. The van der Waals surface area contributed by atoms with Gasteiger partial charge in [-0.15, -0.1) is 0 Å². The third-order valence-electron chi connectivity index (χ3n) is 2.19. The highest BCUT2D eigenvalue weighted by atomic mass is 35.5. The monoisotopic (exact) mass is 271 g/mol. The number of rotatable bonds is 5. The SMILES string of the molecule is CC(C)(C)NCc1cc(F)cc(OC/C=C/Cl)c1. The Kier molecular flexibility index (Phi) is 5.63. The molecule has 0 bridgehead atoms. The van der Waals surface area contributed by atoms with Crippen LogP contribution in [-0.2, 0) is 6.54 Å². The van der Waals surface area contributed by atoms with Gasteiger partial charge in [-0.05, 0) is 44.5 Å². The Morgan fingerprint density at radius 1 is 1.33 bits per heavy atom. The van der Waals surface area contributed by atoms with Gasteiger partial charge in [-0.3, -0.25) is 0 Å². The van der Waals surface area contributed by atoms with Crippen molar-refractivity contribution in [3.8, 4) is 5.75 Å². The minimum Gasteiger partial charge on any atom is -0.489 e. The number of nitrogens with one attached hydrogen (secondary N) is 1. The van der Waals surface area contributed by atoms with Gasteiger partial charge >= 0.3 is 0 Å². The average molecular weight is 272 g/mol. The number of halogens is 2. The molecule has 2 nitrogen and oxygen atoms in total. The lowest BCUT2D eigenvalue weighted by molar-refractivity contribution is 0.359. The molecule has 1 aromatic carbocycles. The van der Waals surface area contributed by atoms with E-state index >= 15 is 0 Å². The predicted molar refractivity (Wildman–Crippen MR) is 73.5 cm³/mol. The van der Waals surface area contributed by atoms with Crippen molar-refractivity contribution in [2.24, 2.45) is 0 Å². The molecule has 0 saturated heterocycles. The summed E-state index contributed by atoms with van der Waals surface area (Å²) in [6.45, 7) is 7.13.